The van der Waals surface area contributed by atoms with E-state index in [2.05, 4.69) is 80.9 Å². The van der Waals surface area contributed by atoms with Gasteiger partial charge >= 0.3 is 5.97 Å². The van der Waals surface area contributed by atoms with E-state index < -0.39 is 5.97 Å². The van der Waals surface area contributed by atoms with Crippen molar-refractivity contribution in [3.05, 3.63) is 101 Å². The SMILES string of the molecule is CC1(C)CCC(C)(C)c2cc3c(cc21)CCc1c(-c2ccc(C(=O)O)cc2)cn(-c2ccccc2)c1-3. The maximum absolute atomic E-state index is 11.4. The van der Waals surface area contributed by atoms with Crippen LogP contribution in [0.5, 0.6) is 0 Å². The molecule has 0 fully saturated rings. The summed E-state index contributed by atoms with van der Waals surface area (Å²) in [6, 6.07) is 22.9. The topological polar surface area (TPSA) is 42.2 Å². The molecule has 1 heterocycles. The number of carboxylic acids is 1. The minimum atomic E-state index is -0.894. The fourth-order valence-corrected chi connectivity index (χ4v) is 6.27. The van der Waals surface area contributed by atoms with E-state index >= 15 is 0 Å². The fourth-order valence-electron chi connectivity index (χ4n) is 6.27. The van der Waals surface area contributed by atoms with Crippen LogP contribution in [0.2, 0.25) is 0 Å². The standard InChI is InChI=1S/C33H33NO2/c1-32(2)16-17-33(3,4)29-19-26-23(18-28(29)32)14-15-25-27(21-10-12-22(13-11-21)31(35)36)20-34(30(25)26)24-8-6-5-7-9-24/h5-13,18-20H,14-17H2,1-4H3,(H,35,36). The number of aromatic nitrogens is 1. The van der Waals surface area contributed by atoms with Crippen molar-refractivity contribution in [1.82, 2.24) is 4.57 Å². The Kier molecular flexibility index (Phi) is 5.05. The highest BCUT2D eigenvalue weighted by atomic mass is 16.4. The third-order valence-electron chi connectivity index (χ3n) is 8.56. The van der Waals surface area contributed by atoms with Gasteiger partial charge < -0.3 is 9.67 Å². The number of nitrogens with zero attached hydrogens (tertiary/aromatic N) is 1. The van der Waals surface area contributed by atoms with E-state index in [1.165, 1.54) is 51.9 Å². The first kappa shape index (κ1) is 22.8. The Bertz CT molecular complexity index is 1490. The zero-order valence-corrected chi connectivity index (χ0v) is 21.6. The lowest BCUT2D eigenvalue weighted by atomic mass is 9.62. The van der Waals surface area contributed by atoms with Crippen molar-refractivity contribution in [3.63, 3.8) is 0 Å². The highest BCUT2D eigenvalue weighted by molar-refractivity contribution is 5.89. The monoisotopic (exact) mass is 475 g/mol. The largest absolute Gasteiger partial charge is 0.478 e. The third-order valence-corrected chi connectivity index (χ3v) is 8.56. The quantitative estimate of drug-likeness (QED) is 0.327. The zero-order valence-electron chi connectivity index (χ0n) is 21.6. The first-order valence-electron chi connectivity index (χ1n) is 13.0. The molecule has 2 aliphatic carbocycles. The zero-order chi connectivity index (χ0) is 25.2. The van der Waals surface area contributed by atoms with E-state index in [-0.39, 0.29) is 10.8 Å². The lowest BCUT2D eigenvalue weighted by molar-refractivity contribution is 0.0697. The molecule has 0 spiro atoms. The van der Waals surface area contributed by atoms with Gasteiger partial charge in [-0.1, -0.05) is 64.1 Å². The molecule has 182 valence electrons. The summed E-state index contributed by atoms with van der Waals surface area (Å²) < 4.78 is 2.35. The number of rotatable bonds is 3. The molecule has 0 radical (unpaired) electrons. The number of benzene rings is 3. The smallest absolute Gasteiger partial charge is 0.335 e. The van der Waals surface area contributed by atoms with Crippen molar-refractivity contribution in [2.75, 3.05) is 0 Å². The van der Waals surface area contributed by atoms with Gasteiger partial charge in [-0.3, -0.25) is 0 Å². The van der Waals surface area contributed by atoms with Gasteiger partial charge in [-0.15, -0.1) is 0 Å². The highest BCUT2D eigenvalue weighted by Crippen LogP contribution is 2.50. The minimum Gasteiger partial charge on any atom is -0.478 e. The van der Waals surface area contributed by atoms with Crippen LogP contribution >= 0.6 is 0 Å². The maximum Gasteiger partial charge on any atom is 0.335 e. The predicted molar refractivity (Wildman–Crippen MR) is 146 cm³/mol. The van der Waals surface area contributed by atoms with Gasteiger partial charge in [0.05, 0.1) is 11.3 Å². The average Bonchev–Trinajstić information content (AvgIpc) is 3.27. The summed E-state index contributed by atoms with van der Waals surface area (Å²) in [7, 11) is 0. The average molecular weight is 476 g/mol. The third kappa shape index (κ3) is 3.52. The maximum atomic E-state index is 11.4. The number of aromatic carboxylic acids is 1. The summed E-state index contributed by atoms with van der Waals surface area (Å²) in [5.74, 6) is -0.894. The van der Waals surface area contributed by atoms with E-state index in [4.69, 9.17) is 0 Å². The molecule has 0 atom stereocenters. The Morgan fingerprint density at radius 2 is 1.44 bits per heavy atom. The summed E-state index contributed by atoms with van der Waals surface area (Å²) in [6.45, 7) is 9.58. The summed E-state index contributed by atoms with van der Waals surface area (Å²) in [4.78, 5) is 11.4. The van der Waals surface area contributed by atoms with Crippen molar-refractivity contribution in [2.24, 2.45) is 0 Å². The molecule has 2 aliphatic rings. The second-order valence-corrected chi connectivity index (χ2v) is 11.8. The first-order chi connectivity index (χ1) is 17.2. The van der Waals surface area contributed by atoms with Gasteiger partial charge in [0.1, 0.15) is 0 Å². The van der Waals surface area contributed by atoms with Gasteiger partial charge in [0.15, 0.2) is 0 Å². The molecule has 3 nitrogen and oxygen atoms in total. The number of carboxylic acid groups (broad SMARTS) is 1. The van der Waals surface area contributed by atoms with E-state index in [1.807, 2.05) is 12.1 Å². The molecule has 3 aromatic carbocycles. The molecule has 0 saturated heterocycles. The molecule has 0 saturated carbocycles. The number of aryl methyl sites for hydroxylation is 1. The van der Waals surface area contributed by atoms with Crippen LogP contribution in [0.4, 0.5) is 0 Å². The molecule has 0 aliphatic heterocycles. The Labute approximate surface area is 213 Å². The van der Waals surface area contributed by atoms with E-state index in [0.29, 0.717) is 5.56 Å². The molecule has 0 amide bonds. The molecule has 1 aromatic heterocycles. The van der Waals surface area contributed by atoms with Crippen molar-refractivity contribution < 1.29 is 9.90 Å². The minimum absolute atomic E-state index is 0.150. The lowest BCUT2D eigenvalue weighted by Gasteiger charge is -2.43. The van der Waals surface area contributed by atoms with Crippen LogP contribution < -0.4 is 0 Å². The molecule has 1 N–H and O–H groups in total. The number of hydrogen-bond donors (Lipinski definition) is 1. The van der Waals surface area contributed by atoms with Crippen molar-refractivity contribution in [1.29, 1.82) is 0 Å². The van der Waals surface area contributed by atoms with Crippen molar-refractivity contribution in [2.45, 2.75) is 64.2 Å². The van der Waals surface area contributed by atoms with Crippen LogP contribution in [-0.4, -0.2) is 15.6 Å². The van der Waals surface area contributed by atoms with Gasteiger partial charge in [-0.2, -0.15) is 0 Å². The van der Waals surface area contributed by atoms with Gasteiger partial charge in [0.25, 0.3) is 0 Å². The van der Waals surface area contributed by atoms with Crippen LogP contribution in [0.25, 0.3) is 28.1 Å². The Morgan fingerprint density at radius 3 is 2.08 bits per heavy atom. The van der Waals surface area contributed by atoms with Crippen LogP contribution in [0.15, 0.2) is 72.9 Å². The van der Waals surface area contributed by atoms with Gasteiger partial charge in [0, 0.05) is 23.0 Å². The van der Waals surface area contributed by atoms with Gasteiger partial charge in [-0.05, 0) is 94.7 Å². The summed E-state index contributed by atoms with van der Waals surface area (Å²) in [5.41, 5.74) is 12.5. The number of para-hydroxylation sites is 1. The fraction of sp³-hybridized carbons (Fsp3) is 0.303. The highest BCUT2D eigenvalue weighted by Gasteiger charge is 2.39. The Hall–Kier alpha value is -3.59. The lowest BCUT2D eigenvalue weighted by Crippen LogP contribution is -2.34. The van der Waals surface area contributed by atoms with Crippen LogP contribution in [-0.2, 0) is 23.7 Å². The van der Waals surface area contributed by atoms with Gasteiger partial charge in [-0.25, -0.2) is 4.79 Å². The van der Waals surface area contributed by atoms with Gasteiger partial charge in [0.2, 0.25) is 0 Å². The van der Waals surface area contributed by atoms with Crippen molar-refractivity contribution in [3.8, 4) is 28.1 Å². The second-order valence-electron chi connectivity index (χ2n) is 11.8. The molecule has 0 bridgehead atoms. The Morgan fingerprint density at radius 1 is 0.806 bits per heavy atom. The summed E-state index contributed by atoms with van der Waals surface area (Å²) >= 11 is 0. The molecule has 6 rings (SSSR count). The molecular weight excluding hydrogens is 442 g/mol. The van der Waals surface area contributed by atoms with Crippen molar-refractivity contribution >= 4 is 5.97 Å². The predicted octanol–water partition coefficient (Wildman–Crippen LogP) is 7.96. The normalized spacial score (nSPS) is 17.1. The summed E-state index contributed by atoms with van der Waals surface area (Å²) in [6.07, 6.45) is 6.65. The molecular formula is C33H33NO2. The van der Waals surface area contributed by atoms with Crippen LogP contribution in [0.3, 0.4) is 0 Å². The van der Waals surface area contributed by atoms with Crippen LogP contribution in [0, 0.1) is 0 Å². The van der Waals surface area contributed by atoms with E-state index in [1.54, 1.807) is 12.1 Å². The summed E-state index contributed by atoms with van der Waals surface area (Å²) in [5, 5.41) is 9.37. The number of carbonyl (C=O) groups is 1. The first-order valence-corrected chi connectivity index (χ1v) is 13.0. The molecule has 4 aromatic rings. The number of fused-ring (bicyclic) bond motifs is 4. The van der Waals surface area contributed by atoms with Crippen LogP contribution in [0.1, 0.15) is 73.1 Å². The van der Waals surface area contributed by atoms with E-state index in [0.717, 1.165) is 24.1 Å². The molecule has 0 unspecified atom stereocenters. The number of hydrogen-bond acceptors (Lipinski definition) is 1. The molecule has 36 heavy (non-hydrogen) atoms. The molecule has 3 heteroatoms. The van der Waals surface area contributed by atoms with E-state index in [9.17, 15) is 9.90 Å². The second kappa shape index (κ2) is 7.96. The Balaban J connectivity index is 1.61.